The Morgan fingerprint density at radius 1 is 0.943 bits per heavy atom. The molecule has 0 saturated heterocycles. The van der Waals surface area contributed by atoms with Gasteiger partial charge in [0.1, 0.15) is 11.5 Å². The van der Waals surface area contributed by atoms with Gasteiger partial charge in [-0.2, -0.15) is 0 Å². The van der Waals surface area contributed by atoms with Crippen LogP contribution in [0.4, 0.5) is 0 Å². The molecule has 0 unspecified atom stereocenters. The summed E-state index contributed by atoms with van der Waals surface area (Å²) in [7, 11) is 0. The Morgan fingerprint density at radius 3 is 2.57 bits per heavy atom. The summed E-state index contributed by atoms with van der Waals surface area (Å²) < 4.78 is 6.07. The number of hydrogen-bond acceptors (Lipinski definition) is 3. The molecule has 0 spiro atoms. The summed E-state index contributed by atoms with van der Waals surface area (Å²) in [5.41, 5.74) is 4.12. The van der Waals surface area contributed by atoms with E-state index in [-0.39, 0.29) is 11.8 Å². The van der Waals surface area contributed by atoms with E-state index in [1.165, 1.54) is 0 Å². The highest BCUT2D eigenvalue weighted by Gasteiger charge is 2.22. The van der Waals surface area contributed by atoms with E-state index in [0.29, 0.717) is 29.5 Å². The number of aromatic amines is 1. The van der Waals surface area contributed by atoms with Gasteiger partial charge in [-0.15, -0.1) is 0 Å². The average Bonchev–Trinajstić information content (AvgIpc) is 3.32. The maximum atomic E-state index is 13.1. The largest absolute Gasteiger partial charge is 0.457 e. The highest BCUT2D eigenvalue weighted by atomic mass is 35.5. The number of halogens is 1. The first-order chi connectivity index (χ1) is 17.2. The molecule has 0 fully saturated rings. The predicted octanol–water partition coefficient (Wildman–Crippen LogP) is 6.85. The van der Waals surface area contributed by atoms with E-state index in [1.807, 2.05) is 72.9 Å². The van der Waals surface area contributed by atoms with Gasteiger partial charge in [0.25, 0.3) is 0 Å². The minimum atomic E-state index is -0.155. The maximum Gasteiger partial charge on any atom is 0.221 e. The van der Waals surface area contributed by atoms with Gasteiger partial charge in [0, 0.05) is 53.4 Å². The first-order valence-electron chi connectivity index (χ1n) is 11.4. The Labute approximate surface area is 208 Å². The van der Waals surface area contributed by atoms with Crippen LogP contribution in [0.15, 0.2) is 104 Å². The fraction of sp³-hybridized carbons (Fsp3) is 0.103. The zero-order valence-electron chi connectivity index (χ0n) is 18.9. The Hall–Kier alpha value is -4.09. The van der Waals surface area contributed by atoms with E-state index in [1.54, 1.807) is 24.5 Å². The molecule has 0 radical (unpaired) electrons. The number of nitrogens with zero attached hydrogens (tertiary/aromatic N) is 1. The molecule has 5 aromatic rings. The molecule has 1 atom stereocenters. The van der Waals surface area contributed by atoms with Crippen LogP contribution < -0.4 is 10.1 Å². The van der Waals surface area contributed by atoms with Gasteiger partial charge in [0.2, 0.25) is 5.91 Å². The van der Waals surface area contributed by atoms with Gasteiger partial charge in [0.15, 0.2) is 0 Å². The number of benzene rings is 3. The van der Waals surface area contributed by atoms with Gasteiger partial charge in [-0.3, -0.25) is 9.78 Å². The molecule has 35 heavy (non-hydrogen) atoms. The standard InChI is InChI=1S/C29H24ClN3O2/c30-22-8-10-23(11-9-22)35-24-5-3-4-21(16-24)26(27-19-32-28-7-2-1-6-25(27)28)17-29(34)33-18-20-12-14-31-15-13-20/h1-16,19,26,32H,17-18H2,(H,33,34)/t26-/m0/s1. The molecule has 0 aliphatic carbocycles. The van der Waals surface area contributed by atoms with E-state index in [0.717, 1.165) is 27.6 Å². The van der Waals surface area contributed by atoms with Gasteiger partial charge < -0.3 is 15.0 Å². The van der Waals surface area contributed by atoms with Crippen LogP contribution in [-0.4, -0.2) is 15.9 Å². The topological polar surface area (TPSA) is 67.0 Å². The summed E-state index contributed by atoms with van der Waals surface area (Å²) in [5.74, 6) is 1.22. The molecule has 5 rings (SSSR count). The highest BCUT2D eigenvalue weighted by Crippen LogP contribution is 2.35. The molecule has 2 N–H and O–H groups in total. The molecule has 0 aliphatic heterocycles. The Morgan fingerprint density at radius 2 is 1.74 bits per heavy atom. The van der Waals surface area contributed by atoms with E-state index >= 15 is 0 Å². The molecule has 2 aromatic heterocycles. The summed E-state index contributed by atoms with van der Waals surface area (Å²) in [6.07, 6.45) is 5.75. The van der Waals surface area contributed by atoms with Crippen molar-refractivity contribution in [3.63, 3.8) is 0 Å². The molecule has 174 valence electrons. The fourth-order valence-electron chi connectivity index (χ4n) is 4.18. The smallest absolute Gasteiger partial charge is 0.221 e. The van der Waals surface area contributed by atoms with Gasteiger partial charge in [-0.05, 0) is 71.3 Å². The van der Waals surface area contributed by atoms with Crippen molar-refractivity contribution >= 4 is 28.4 Å². The van der Waals surface area contributed by atoms with Crippen LogP contribution in [0.1, 0.15) is 29.0 Å². The molecular formula is C29H24ClN3O2. The molecule has 5 nitrogen and oxygen atoms in total. The van der Waals surface area contributed by atoms with Crippen LogP contribution in [0.3, 0.4) is 0 Å². The van der Waals surface area contributed by atoms with E-state index in [2.05, 4.69) is 21.4 Å². The lowest BCUT2D eigenvalue weighted by molar-refractivity contribution is -0.121. The van der Waals surface area contributed by atoms with Crippen molar-refractivity contribution in [1.29, 1.82) is 0 Å². The fourth-order valence-corrected chi connectivity index (χ4v) is 4.31. The summed E-state index contributed by atoms with van der Waals surface area (Å²) in [5, 5.41) is 4.80. The predicted molar refractivity (Wildman–Crippen MR) is 139 cm³/mol. The van der Waals surface area contributed by atoms with Crippen LogP contribution in [0.2, 0.25) is 5.02 Å². The van der Waals surface area contributed by atoms with E-state index in [4.69, 9.17) is 16.3 Å². The molecule has 6 heteroatoms. The number of carbonyl (C=O) groups is 1. The number of hydrogen-bond donors (Lipinski definition) is 2. The normalized spacial score (nSPS) is 11.8. The quantitative estimate of drug-likeness (QED) is 0.255. The number of pyridine rings is 1. The highest BCUT2D eigenvalue weighted by molar-refractivity contribution is 6.30. The van der Waals surface area contributed by atoms with Crippen molar-refractivity contribution < 1.29 is 9.53 Å². The van der Waals surface area contributed by atoms with Crippen molar-refractivity contribution in [2.45, 2.75) is 18.9 Å². The second kappa shape index (κ2) is 10.5. The summed E-state index contributed by atoms with van der Waals surface area (Å²) in [4.78, 5) is 20.4. The second-order valence-electron chi connectivity index (χ2n) is 8.31. The number of aromatic nitrogens is 2. The molecule has 3 aromatic carbocycles. The first kappa shape index (κ1) is 22.7. The van der Waals surface area contributed by atoms with E-state index < -0.39 is 0 Å². The SMILES string of the molecule is O=C(C[C@@H](c1cccc(Oc2ccc(Cl)cc2)c1)c1c[nH]c2ccccc12)NCc1ccncc1. The molecule has 0 aliphatic rings. The molecule has 0 saturated carbocycles. The summed E-state index contributed by atoms with van der Waals surface area (Å²) >= 11 is 6.00. The lowest BCUT2D eigenvalue weighted by Gasteiger charge is -2.18. The van der Waals surface area contributed by atoms with Crippen molar-refractivity contribution in [2.24, 2.45) is 0 Å². The Kier molecular flexibility index (Phi) is 6.77. The Bertz CT molecular complexity index is 1430. The van der Waals surface area contributed by atoms with Crippen LogP contribution in [-0.2, 0) is 11.3 Å². The minimum Gasteiger partial charge on any atom is -0.457 e. The third-order valence-corrected chi connectivity index (χ3v) is 6.19. The summed E-state index contributed by atoms with van der Waals surface area (Å²) in [6.45, 7) is 0.460. The monoisotopic (exact) mass is 481 g/mol. The third kappa shape index (κ3) is 5.53. The zero-order valence-corrected chi connectivity index (χ0v) is 19.7. The second-order valence-corrected chi connectivity index (χ2v) is 8.74. The number of para-hydroxylation sites is 1. The van der Waals surface area contributed by atoms with Gasteiger partial charge >= 0.3 is 0 Å². The number of fused-ring (bicyclic) bond motifs is 1. The van der Waals surface area contributed by atoms with Gasteiger partial charge in [-0.1, -0.05) is 41.9 Å². The number of ether oxygens (including phenoxy) is 1. The van der Waals surface area contributed by atoms with Gasteiger partial charge in [-0.25, -0.2) is 0 Å². The molecule has 2 heterocycles. The lowest BCUT2D eigenvalue weighted by Crippen LogP contribution is -2.25. The summed E-state index contributed by atoms with van der Waals surface area (Å²) in [6, 6.07) is 27.1. The number of nitrogens with one attached hydrogen (secondary N) is 2. The van der Waals surface area contributed by atoms with Crippen LogP contribution >= 0.6 is 11.6 Å². The van der Waals surface area contributed by atoms with E-state index in [9.17, 15) is 4.79 Å². The molecular weight excluding hydrogens is 458 g/mol. The maximum absolute atomic E-state index is 13.1. The number of H-pyrrole nitrogens is 1. The van der Waals surface area contributed by atoms with Crippen LogP contribution in [0, 0.1) is 0 Å². The van der Waals surface area contributed by atoms with Crippen LogP contribution in [0.25, 0.3) is 10.9 Å². The van der Waals surface area contributed by atoms with Crippen molar-refractivity contribution in [1.82, 2.24) is 15.3 Å². The Balaban J connectivity index is 1.43. The van der Waals surface area contributed by atoms with Crippen molar-refractivity contribution in [3.8, 4) is 11.5 Å². The number of carbonyl (C=O) groups excluding carboxylic acids is 1. The minimum absolute atomic E-state index is 0.0267. The average molecular weight is 482 g/mol. The zero-order chi connectivity index (χ0) is 24.0. The molecule has 1 amide bonds. The van der Waals surface area contributed by atoms with Gasteiger partial charge in [0.05, 0.1) is 0 Å². The van der Waals surface area contributed by atoms with Crippen molar-refractivity contribution in [2.75, 3.05) is 0 Å². The molecule has 0 bridgehead atoms. The van der Waals surface area contributed by atoms with Crippen LogP contribution in [0.5, 0.6) is 11.5 Å². The number of amides is 1. The van der Waals surface area contributed by atoms with Crippen molar-refractivity contribution in [3.05, 3.63) is 125 Å². The number of rotatable bonds is 8. The third-order valence-electron chi connectivity index (χ3n) is 5.94. The first-order valence-corrected chi connectivity index (χ1v) is 11.8. The lowest BCUT2D eigenvalue weighted by atomic mass is 9.88.